The summed E-state index contributed by atoms with van der Waals surface area (Å²) in [5.74, 6) is 1.84. The van der Waals surface area contributed by atoms with E-state index in [2.05, 4.69) is 65.8 Å². The number of rotatable bonds is 8. The Labute approximate surface area is 212 Å². The van der Waals surface area contributed by atoms with E-state index >= 15 is 0 Å². The normalized spacial score (nSPS) is 20.1. The summed E-state index contributed by atoms with van der Waals surface area (Å²) in [6.07, 6.45) is 7.27. The van der Waals surface area contributed by atoms with Crippen molar-refractivity contribution in [3.63, 3.8) is 0 Å². The zero-order valence-corrected chi connectivity index (χ0v) is 21.2. The van der Waals surface area contributed by atoms with Crippen LogP contribution < -0.4 is 10.6 Å². The first kappa shape index (κ1) is 24.2. The van der Waals surface area contributed by atoms with E-state index in [9.17, 15) is 5.11 Å². The highest BCUT2D eigenvalue weighted by Gasteiger charge is 2.32. The van der Waals surface area contributed by atoms with Gasteiger partial charge in [-0.15, -0.1) is 0 Å². The van der Waals surface area contributed by atoms with Crippen LogP contribution in [-0.2, 0) is 6.54 Å². The van der Waals surface area contributed by atoms with Gasteiger partial charge in [-0.3, -0.25) is 4.98 Å². The number of hydrogen-bond donors (Lipinski definition) is 3. The fourth-order valence-electron chi connectivity index (χ4n) is 5.07. The molecule has 0 saturated heterocycles. The molecular formula is C28H35N7O. The third-order valence-electron chi connectivity index (χ3n) is 7.20. The van der Waals surface area contributed by atoms with E-state index in [0.717, 1.165) is 53.7 Å². The summed E-state index contributed by atoms with van der Waals surface area (Å²) in [7, 11) is 0. The van der Waals surface area contributed by atoms with Crippen LogP contribution in [0.1, 0.15) is 63.5 Å². The Bertz CT molecular complexity index is 1290. The van der Waals surface area contributed by atoms with Gasteiger partial charge < -0.3 is 15.7 Å². The van der Waals surface area contributed by atoms with Crippen molar-refractivity contribution in [3.05, 3.63) is 66.0 Å². The van der Waals surface area contributed by atoms with Crippen molar-refractivity contribution in [2.24, 2.45) is 5.92 Å². The SMILES string of the molecule is CCC1CCCC(O)C1Nc1nc(NCc2ccc(-c3ccccn3)cc2)n2ncc(C(C)C)c2n1. The molecule has 5 rings (SSSR count). The summed E-state index contributed by atoms with van der Waals surface area (Å²) >= 11 is 0. The van der Waals surface area contributed by atoms with E-state index in [1.807, 2.05) is 24.4 Å². The standard InChI is InChI=1S/C28H35N7O/c1-4-20-8-7-10-24(36)25(20)32-27-33-26-22(18(2)3)17-31-35(26)28(34-27)30-16-19-11-13-21(14-12-19)23-9-5-6-15-29-23/h5-6,9,11-15,17-18,20,24-25,36H,4,7-8,10,16H2,1-3H3,(H2,30,32,33,34). The Morgan fingerprint density at radius 2 is 1.92 bits per heavy atom. The van der Waals surface area contributed by atoms with Crippen LogP contribution in [0.3, 0.4) is 0 Å². The first-order valence-electron chi connectivity index (χ1n) is 13.0. The first-order chi connectivity index (χ1) is 17.5. The van der Waals surface area contributed by atoms with Crippen LogP contribution in [0.25, 0.3) is 16.9 Å². The average Bonchev–Trinajstić information content (AvgIpc) is 3.34. The maximum atomic E-state index is 10.7. The predicted octanol–water partition coefficient (Wildman–Crippen LogP) is 5.27. The molecule has 8 nitrogen and oxygen atoms in total. The molecule has 1 aromatic carbocycles. The minimum absolute atomic E-state index is 0.0522. The fraction of sp³-hybridized carbons (Fsp3) is 0.429. The largest absolute Gasteiger partial charge is 0.391 e. The Kier molecular flexibility index (Phi) is 7.13. The number of nitrogens with one attached hydrogen (secondary N) is 2. The third kappa shape index (κ3) is 5.04. The molecule has 8 heteroatoms. The highest BCUT2D eigenvalue weighted by Crippen LogP contribution is 2.30. The number of nitrogens with zero attached hydrogens (tertiary/aromatic N) is 5. The van der Waals surface area contributed by atoms with Crippen molar-refractivity contribution in [1.29, 1.82) is 0 Å². The molecule has 0 bridgehead atoms. The lowest BCUT2D eigenvalue weighted by Crippen LogP contribution is -2.43. The van der Waals surface area contributed by atoms with Gasteiger partial charge in [-0.2, -0.15) is 19.6 Å². The number of benzene rings is 1. The molecule has 0 aliphatic heterocycles. The van der Waals surface area contributed by atoms with Gasteiger partial charge in [0.15, 0.2) is 5.65 Å². The molecule has 1 aliphatic rings. The molecule has 1 fully saturated rings. The van der Waals surface area contributed by atoms with Gasteiger partial charge in [0.2, 0.25) is 11.9 Å². The quantitative estimate of drug-likeness (QED) is 0.312. The van der Waals surface area contributed by atoms with Gasteiger partial charge in [0.25, 0.3) is 0 Å². The zero-order valence-electron chi connectivity index (χ0n) is 21.2. The molecule has 3 heterocycles. The third-order valence-corrected chi connectivity index (χ3v) is 7.20. The maximum Gasteiger partial charge on any atom is 0.229 e. The Hall–Kier alpha value is -3.52. The number of fused-ring (bicyclic) bond motifs is 1. The minimum Gasteiger partial charge on any atom is -0.391 e. The van der Waals surface area contributed by atoms with E-state index in [4.69, 9.17) is 9.97 Å². The number of hydrogen-bond acceptors (Lipinski definition) is 7. The summed E-state index contributed by atoms with van der Waals surface area (Å²) in [4.78, 5) is 14.1. The van der Waals surface area contributed by atoms with Crippen molar-refractivity contribution in [2.75, 3.05) is 10.6 Å². The Morgan fingerprint density at radius 1 is 1.08 bits per heavy atom. The summed E-state index contributed by atoms with van der Waals surface area (Å²) in [5.41, 5.74) is 5.02. The minimum atomic E-state index is -0.396. The molecule has 0 amide bonds. The molecule has 3 atom stereocenters. The summed E-state index contributed by atoms with van der Waals surface area (Å²) in [5, 5.41) is 22.2. The molecule has 3 N–H and O–H groups in total. The molecule has 1 aliphatic carbocycles. The molecular weight excluding hydrogens is 450 g/mol. The number of pyridine rings is 1. The monoisotopic (exact) mass is 485 g/mol. The van der Waals surface area contributed by atoms with E-state index in [0.29, 0.717) is 24.4 Å². The van der Waals surface area contributed by atoms with Crippen LogP contribution in [0.5, 0.6) is 0 Å². The van der Waals surface area contributed by atoms with Gasteiger partial charge in [0, 0.05) is 23.9 Å². The van der Waals surface area contributed by atoms with Crippen LogP contribution in [0, 0.1) is 5.92 Å². The van der Waals surface area contributed by atoms with Gasteiger partial charge in [-0.25, -0.2) is 0 Å². The summed E-state index contributed by atoms with van der Waals surface area (Å²) < 4.78 is 1.78. The van der Waals surface area contributed by atoms with Crippen molar-refractivity contribution in [1.82, 2.24) is 24.6 Å². The van der Waals surface area contributed by atoms with Crippen LogP contribution in [0.15, 0.2) is 54.9 Å². The number of aromatic nitrogens is 5. The van der Waals surface area contributed by atoms with E-state index in [-0.39, 0.29) is 12.0 Å². The van der Waals surface area contributed by atoms with Crippen molar-refractivity contribution in [3.8, 4) is 11.3 Å². The van der Waals surface area contributed by atoms with Gasteiger partial charge in [0.05, 0.1) is 24.0 Å². The molecule has 0 radical (unpaired) electrons. The van der Waals surface area contributed by atoms with Crippen LogP contribution in [0.4, 0.5) is 11.9 Å². The van der Waals surface area contributed by atoms with Crippen molar-refractivity contribution < 1.29 is 5.11 Å². The highest BCUT2D eigenvalue weighted by molar-refractivity contribution is 5.59. The van der Waals surface area contributed by atoms with Gasteiger partial charge in [-0.1, -0.05) is 63.9 Å². The predicted molar refractivity (Wildman–Crippen MR) is 143 cm³/mol. The molecule has 3 unspecified atom stereocenters. The van der Waals surface area contributed by atoms with E-state index < -0.39 is 6.10 Å². The number of aliphatic hydroxyl groups is 1. The van der Waals surface area contributed by atoms with Crippen molar-refractivity contribution >= 4 is 17.5 Å². The van der Waals surface area contributed by atoms with E-state index in [1.54, 1.807) is 10.7 Å². The topological polar surface area (TPSA) is 100 Å². The molecule has 0 spiro atoms. The number of aliphatic hydroxyl groups excluding tert-OH is 1. The zero-order chi connectivity index (χ0) is 25.1. The lowest BCUT2D eigenvalue weighted by Gasteiger charge is -2.35. The maximum absolute atomic E-state index is 10.7. The second-order valence-corrected chi connectivity index (χ2v) is 9.96. The second kappa shape index (κ2) is 10.6. The van der Waals surface area contributed by atoms with E-state index in [1.165, 1.54) is 0 Å². The summed E-state index contributed by atoms with van der Waals surface area (Å²) in [6.45, 7) is 7.05. The molecule has 188 valence electrons. The van der Waals surface area contributed by atoms with Crippen LogP contribution in [0.2, 0.25) is 0 Å². The fourth-order valence-corrected chi connectivity index (χ4v) is 5.07. The second-order valence-electron chi connectivity index (χ2n) is 9.96. The summed E-state index contributed by atoms with van der Waals surface area (Å²) in [6, 6.07) is 14.2. The first-order valence-corrected chi connectivity index (χ1v) is 13.0. The lowest BCUT2D eigenvalue weighted by molar-refractivity contribution is 0.0836. The Balaban J connectivity index is 1.41. The van der Waals surface area contributed by atoms with Gasteiger partial charge >= 0.3 is 0 Å². The van der Waals surface area contributed by atoms with Crippen LogP contribution >= 0.6 is 0 Å². The molecule has 36 heavy (non-hydrogen) atoms. The van der Waals surface area contributed by atoms with Gasteiger partial charge in [-0.05, 0) is 42.4 Å². The average molecular weight is 486 g/mol. The molecule has 4 aromatic rings. The lowest BCUT2D eigenvalue weighted by atomic mass is 9.81. The van der Waals surface area contributed by atoms with Gasteiger partial charge in [0.1, 0.15) is 0 Å². The molecule has 1 saturated carbocycles. The van der Waals surface area contributed by atoms with Crippen molar-refractivity contribution in [2.45, 2.75) is 71.1 Å². The van der Waals surface area contributed by atoms with Crippen LogP contribution in [-0.4, -0.2) is 41.8 Å². The number of anilines is 2. The highest BCUT2D eigenvalue weighted by atomic mass is 16.3. The smallest absolute Gasteiger partial charge is 0.229 e. The molecule has 3 aromatic heterocycles. The Morgan fingerprint density at radius 3 is 2.64 bits per heavy atom.